The highest BCUT2D eigenvalue weighted by Gasteiger charge is 2.13. The maximum absolute atomic E-state index is 12.3. The number of rotatable bonds is 3. The second-order valence-electron chi connectivity index (χ2n) is 4.47. The van der Waals surface area contributed by atoms with Gasteiger partial charge in [0, 0.05) is 21.7 Å². The van der Waals surface area contributed by atoms with Crippen LogP contribution in [0.5, 0.6) is 0 Å². The summed E-state index contributed by atoms with van der Waals surface area (Å²) in [6.07, 6.45) is 1.90. The molecule has 0 unspecified atom stereocenters. The lowest BCUT2D eigenvalue weighted by atomic mass is 10.3. The lowest BCUT2D eigenvalue weighted by Gasteiger charge is -2.13. The number of nitrogens with zero attached hydrogens (tertiary/aromatic N) is 1. The summed E-state index contributed by atoms with van der Waals surface area (Å²) in [5.41, 5.74) is 1.34. The molecule has 0 atom stereocenters. The van der Waals surface area contributed by atoms with Crippen molar-refractivity contribution in [1.82, 2.24) is 4.57 Å². The molecule has 2 rings (SSSR count). The van der Waals surface area contributed by atoms with Crippen molar-refractivity contribution < 1.29 is 4.79 Å². The first-order valence-corrected chi connectivity index (χ1v) is 7.09. The molecule has 0 aliphatic heterocycles. The monoisotopic (exact) mass is 340 g/mol. The summed E-state index contributed by atoms with van der Waals surface area (Å²) >= 11 is 9.25. The first-order valence-electron chi connectivity index (χ1n) is 5.92. The first kappa shape index (κ1) is 14.2. The number of aromatic nitrogens is 1. The van der Waals surface area contributed by atoms with Gasteiger partial charge in [0.05, 0.1) is 5.69 Å². The molecule has 0 aliphatic carbocycles. The Balaban J connectivity index is 2.23. The summed E-state index contributed by atoms with van der Waals surface area (Å²) in [7, 11) is 0. The Morgan fingerprint density at radius 2 is 2.11 bits per heavy atom. The van der Waals surface area contributed by atoms with E-state index in [4.69, 9.17) is 11.6 Å². The molecule has 1 amide bonds. The molecule has 0 fully saturated rings. The molecular formula is C14H14BrClN2O. The van der Waals surface area contributed by atoms with Gasteiger partial charge in [-0.3, -0.25) is 4.79 Å². The molecular weight excluding hydrogens is 328 g/mol. The molecule has 0 saturated heterocycles. The Hall–Kier alpha value is -1.26. The fraction of sp³-hybridized carbons (Fsp3) is 0.214. The van der Waals surface area contributed by atoms with Crippen molar-refractivity contribution in [2.24, 2.45) is 0 Å². The van der Waals surface area contributed by atoms with Crippen LogP contribution in [0.4, 0.5) is 5.69 Å². The number of halogens is 2. The second kappa shape index (κ2) is 5.80. The SMILES string of the molecule is CC(C)n1cccc1C(=O)Nc1ccc(Cl)cc1Br. The van der Waals surface area contributed by atoms with Gasteiger partial charge in [-0.15, -0.1) is 0 Å². The normalized spacial score (nSPS) is 10.8. The van der Waals surface area contributed by atoms with E-state index in [-0.39, 0.29) is 11.9 Å². The molecule has 1 N–H and O–H groups in total. The summed E-state index contributed by atoms with van der Waals surface area (Å²) in [6, 6.07) is 9.17. The number of benzene rings is 1. The number of anilines is 1. The van der Waals surface area contributed by atoms with Crippen LogP contribution in [-0.2, 0) is 0 Å². The lowest BCUT2D eigenvalue weighted by Crippen LogP contribution is -2.18. The van der Waals surface area contributed by atoms with Crippen LogP contribution in [0.25, 0.3) is 0 Å². The van der Waals surface area contributed by atoms with Gasteiger partial charge in [-0.25, -0.2) is 0 Å². The minimum atomic E-state index is -0.137. The van der Waals surface area contributed by atoms with Crippen molar-refractivity contribution in [3.05, 3.63) is 51.7 Å². The van der Waals surface area contributed by atoms with Crippen molar-refractivity contribution in [3.8, 4) is 0 Å². The average molecular weight is 342 g/mol. The van der Waals surface area contributed by atoms with Gasteiger partial charge in [0.15, 0.2) is 0 Å². The maximum Gasteiger partial charge on any atom is 0.272 e. The van der Waals surface area contributed by atoms with Crippen LogP contribution in [0.2, 0.25) is 5.02 Å². The van der Waals surface area contributed by atoms with Crippen LogP contribution < -0.4 is 5.32 Å². The third-order valence-electron chi connectivity index (χ3n) is 2.75. The van der Waals surface area contributed by atoms with Crippen LogP contribution in [0.15, 0.2) is 41.0 Å². The highest BCUT2D eigenvalue weighted by molar-refractivity contribution is 9.10. The highest BCUT2D eigenvalue weighted by atomic mass is 79.9. The van der Waals surface area contributed by atoms with Gasteiger partial charge in [0.2, 0.25) is 0 Å². The molecule has 0 spiro atoms. The third kappa shape index (κ3) is 3.19. The van der Waals surface area contributed by atoms with E-state index in [1.54, 1.807) is 24.3 Å². The van der Waals surface area contributed by atoms with Crippen molar-refractivity contribution >= 4 is 39.1 Å². The van der Waals surface area contributed by atoms with E-state index >= 15 is 0 Å². The zero-order valence-corrected chi connectivity index (χ0v) is 13.0. The van der Waals surface area contributed by atoms with E-state index < -0.39 is 0 Å². The van der Waals surface area contributed by atoms with Gasteiger partial charge < -0.3 is 9.88 Å². The highest BCUT2D eigenvalue weighted by Crippen LogP contribution is 2.26. The summed E-state index contributed by atoms with van der Waals surface area (Å²) in [4.78, 5) is 12.3. The number of amides is 1. The quantitative estimate of drug-likeness (QED) is 0.860. The van der Waals surface area contributed by atoms with Crippen LogP contribution in [0, 0.1) is 0 Å². The van der Waals surface area contributed by atoms with Gasteiger partial charge in [-0.2, -0.15) is 0 Å². The van der Waals surface area contributed by atoms with Crippen molar-refractivity contribution in [2.45, 2.75) is 19.9 Å². The maximum atomic E-state index is 12.3. The van der Waals surface area contributed by atoms with E-state index in [2.05, 4.69) is 21.2 Å². The van der Waals surface area contributed by atoms with Crippen molar-refractivity contribution in [3.63, 3.8) is 0 Å². The molecule has 1 heterocycles. The molecule has 1 aromatic carbocycles. The fourth-order valence-electron chi connectivity index (χ4n) is 1.81. The van der Waals surface area contributed by atoms with Crippen LogP contribution in [0.3, 0.4) is 0 Å². The second-order valence-corrected chi connectivity index (χ2v) is 5.76. The molecule has 2 aromatic rings. The van der Waals surface area contributed by atoms with E-state index in [0.29, 0.717) is 16.4 Å². The topological polar surface area (TPSA) is 34.0 Å². The van der Waals surface area contributed by atoms with Crippen LogP contribution >= 0.6 is 27.5 Å². The molecule has 0 aliphatic rings. The summed E-state index contributed by atoms with van der Waals surface area (Å²) in [6.45, 7) is 4.07. The lowest BCUT2D eigenvalue weighted by molar-refractivity contribution is 0.101. The third-order valence-corrected chi connectivity index (χ3v) is 3.64. The van der Waals surface area contributed by atoms with Gasteiger partial charge in [0.1, 0.15) is 5.69 Å². The largest absolute Gasteiger partial charge is 0.341 e. The Kier molecular flexibility index (Phi) is 4.32. The fourth-order valence-corrected chi connectivity index (χ4v) is 2.60. The molecule has 0 saturated carbocycles. The molecule has 3 nitrogen and oxygen atoms in total. The van der Waals surface area contributed by atoms with E-state index in [1.807, 2.05) is 30.7 Å². The summed E-state index contributed by atoms with van der Waals surface area (Å²) < 4.78 is 2.69. The van der Waals surface area contributed by atoms with E-state index in [1.165, 1.54) is 0 Å². The predicted molar refractivity (Wildman–Crippen MR) is 81.9 cm³/mol. The van der Waals surface area contributed by atoms with Gasteiger partial charge >= 0.3 is 0 Å². The number of nitrogens with one attached hydrogen (secondary N) is 1. The van der Waals surface area contributed by atoms with Gasteiger partial charge in [-0.05, 0) is 60.1 Å². The summed E-state index contributed by atoms with van der Waals surface area (Å²) in [5, 5.41) is 3.49. The zero-order chi connectivity index (χ0) is 14.0. The van der Waals surface area contributed by atoms with Crippen LogP contribution in [0.1, 0.15) is 30.4 Å². The predicted octanol–water partition coefficient (Wildman–Crippen LogP) is 4.74. The first-order chi connectivity index (χ1) is 8.99. The van der Waals surface area contributed by atoms with Crippen molar-refractivity contribution in [1.29, 1.82) is 0 Å². The Bertz CT molecular complexity index is 607. The average Bonchev–Trinajstić information content (AvgIpc) is 2.82. The molecule has 100 valence electrons. The number of carbonyl (C=O) groups excluding carboxylic acids is 1. The molecule has 5 heteroatoms. The van der Waals surface area contributed by atoms with Crippen LogP contribution in [-0.4, -0.2) is 10.5 Å². The molecule has 0 radical (unpaired) electrons. The number of hydrogen-bond donors (Lipinski definition) is 1. The summed E-state index contributed by atoms with van der Waals surface area (Å²) in [5.74, 6) is -0.137. The Labute approximate surface area is 125 Å². The molecule has 19 heavy (non-hydrogen) atoms. The number of carbonyl (C=O) groups is 1. The van der Waals surface area contributed by atoms with Crippen molar-refractivity contribution in [2.75, 3.05) is 5.32 Å². The van der Waals surface area contributed by atoms with Gasteiger partial charge in [0.25, 0.3) is 5.91 Å². The Morgan fingerprint density at radius 3 is 2.74 bits per heavy atom. The van der Waals surface area contributed by atoms with E-state index in [9.17, 15) is 4.79 Å². The zero-order valence-electron chi connectivity index (χ0n) is 10.7. The minimum absolute atomic E-state index is 0.137. The smallest absolute Gasteiger partial charge is 0.272 e. The molecule has 1 aromatic heterocycles. The van der Waals surface area contributed by atoms with E-state index in [0.717, 1.165) is 4.47 Å². The minimum Gasteiger partial charge on any atom is -0.341 e. The molecule has 0 bridgehead atoms. The Morgan fingerprint density at radius 1 is 1.37 bits per heavy atom. The van der Waals surface area contributed by atoms with Gasteiger partial charge in [-0.1, -0.05) is 11.6 Å². The standard InChI is InChI=1S/C14H14BrClN2O/c1-9(2)18-7-3-4-13(18)14(19)17-12-6-5-10(16)8-11(12)15/h3-9H,1-2H3,(H,17,19). The number of hydrogen-bond acceptors (Lipinski definition) is 1.